The van der Waals surface area contributed by atoms with Crippen molar-refractivity contribution >= 4 is 22.1 Å². The second-order valence-corrected chi connectivity index (χ2v) is 8.31. The zero-order chi connectivity index (χ0) is 23.6. The van der Waals surface area contributed by atoms with Crippen LogP contribution in [-0.2, 0) is 13.2 Å². The molecule has 0 spiro atoms. The van der Waals surface area contributed by atoms with Gasteiger partial charge in [0.05, 0.1) is 41.2 Å². The molecule has 7 nitrogen and oxygen atoms in total. The maximum Gasteiger partial charge on any atom is 0.122 e. The first kappa shape index (κ1) is 20.9. The first-order valence-corrected chi connectivity index (χ1v) is 11.3. The van der Waals surface area contributed by atoms with Crippen molar-refractivity contribution < 1.29 is 9.47 Å². The molecular formula is C28H23N5O2. The molecule has 3 heterocycles. The molecule has 0 fully saturated rings. The fourth-order valence-corrected chi connectivity index (χ4v) is 4.26. The zero-order valence-electron chi connectivity index (χ0n) is 19.2. The van der Waals surface area contributed by atoms with Gasteiger partial charge in [-0.25, -0.2) is 9.97 Å². The number of imidazole rings is 2. The van der Waals surface area contributed by atoms with Crippen LogP contribution in [0.5, 0.6) is 11.5 Å². The van der Waals surface area contributed by atoms with Gasteiger partial charge in [0, 0.05) is 31.1 Å². The monoisotopic (exact) mass is 461 g/mol. The molecular weight excluding hydrogens is 438 g/mol. The smallest absolute Gasteiger partial charge is 0.122 e. The van der Waals surface area contributed by atoms with Gasteiger partial charge in [0.2, 0.25) is 0 Å². The third kappa shape index (κ3) is 4.19. The van der Waals surface area contributed by atoms with Gasteiger partial charge in [0.25, 0.3) is 0 Å². The highest BCUT2D eigenvalue weighted by Gasteiger charge is 2.08. The molecule has 0 atom stereocenters. The molecule has 172 valence electrons. The molecule has 0 saturated heterocycles. The molecule has 0 amide bonds. The van der Waals surface area contributed by atoms with Gasteiger partial charge >= 0.3 is 0 Å². The summed E-state index contributed by atoms with van der Waals surface area (Å²) in [5.74, 6) is 1.62. The van der Waals surface area contributed by atoms with Crippen molar-refractivity contribution in [3.8, 4) is 17.2 Å². The number of aromatic nitrogens is 5. The van der Waals surface area contributed by atoms with Crippen LogP contribution < -0.4 is 9.47 Å². The third-order valence-corrected chi connectivity index (χ3v) is 6.04. The van der Waals surface area contributed by atoms with Gasteiger partial charge in [-0.15, -0.1) is 0 Å². The second kappa shape index (κ2) is 8.95. The van der Waals surface area contributed by atoms with E-state index in [-0.39, 0.29) is 0 Å². The Labute approximate surface area is 202 Å². The number of hydrogen-bond donors (Lipinski definition) is 0. The number of methoxy groups -OCH3 is 1. The van der Waals surface area contributed by atoms with Crippen LogP contribution in [0.3, 0.4) is 0 Å². The number of hydrogen-bond acceptors (Lipinski definition) is 5. The van der Waals surface area contributed by atoms with Gasteiger partial charge in [-0.05, 0) is 47.5 Å². The van der Waals surface area contributed by atoms with Crippen molar-refractivity contribution in [2.45, 2.75) is 13.2 Å². The van der Waals surface area contributed by atoms with E-state index in [2.05, 4.69) is 43.8 Å². The lowest BCUT2D eigenvalue weighted by Gasteiger charge is -2.10. The Morgan fingerprint density at radius 1 is 0.743 bits per heavy atom. The Morgan fingerprint density at radius 2 is 1.49 bits per heavy atom. The van der Waals surface area contributed by atoms with E-state index in [9.17, 15) is 0 Å². The molecule has 0 saturated carbocycles. The standard InChI is InChI=1S/C28H23N5O2/c1-34-23-5-7-25-27(14-23)32(18-30-25)16-20-3-2-4-21(13-20)17-35-24-6-8-26-28(15-24)33(19-31-26)22-9-11-29-12-10-22/h2-15,18-19H,16-17H2,1H3. The summed E-state index contributed by atoms with van der Waals surface area (Å²) in [6.45, 7) is 1.19. The van der Waals surface area contributed by atoms with Crippen LogP contribution in [0.25, 0.3) is 27.8 Å². The molecule has 7 heteroatoms. The Hall–Kier alpha value is -4.65. The van der Waals surface area contributed by atoms with E-state index < -0.39 is 0 Å². The van der Waals surface area contributed by atoms with Gasteiger partial charge in [-0.3, -0.25) is 9.55 Å². The molecule has 0 radical (unpaired) electrons. The first-order chi connectivity index (χ1) is 17.3. The SMILES string of the molecule is COc1ccc2ncn(Cc3cccc(COc4ccc5ncn(-c6ccncc6)c5c4)c3)c2c1. The lowest BCUT2D eigenvalue weighted by molar-refractivity contribution is 0.306. The molecule has 35 heavy (non-hydrogen) atoms. The maximum atomic E-state index is 6.16. The number of ether oxygens (including phenoxy) is 2. The van der Waals surface area contributed by atoms with Gasteiger partial charge in [-0.1, -0.05) is 24.3 Å². The molecule has 0 unspecified atom stereocenters. The van der Waals surface area contributed by atoms with Gasteiger partial charge < -0.3 is 14.0 Å². The molecule has 0 N–H and O–H groups in total. The van der Waals surface area contributed by atoms with E-state index in [1.807, 2.05) is 65.8 Å². The molecule has 3 aromatic carbocycles. The van der Waals surface area contributed by atoms with Crippen molar-refractivity contribution in [1.82, 2.24) is 24.1 Å². The first-order valence-electron chi connectivity index (χ1n) is 11.3. The van der Waals surface area contributed by atoms with Gasteiger partial charge in [0.15, 0.2) is 0 Å². The van der Waals surface area contributed by atoms with E-state index in [0.29, 0.717) is 13.2 Å². The lowest BCUT2D eigenvalue weighted by Crippen LogP contribution is -2.01. The van der Waals surface area contributed by atoms with E-state index in [1.165, 1.54) is 5.56 Å². The number of benzene rings is 3. The minimum atomic E-state index is 0.473. The summed E-state index contributed by atoms with van der Waals surface area (Å²) < 4.78 is 15.7. The fraction of sp³-hybridized carbons (Fsp3) is 0.107. The summed E-state index contributed by atoms with van der Waals surface area (Å²) in [6.07, 6.45) is 7.24. The van der Waals surface area contributed by atoms with Crippen LogP contribution in [-0.4, -0.2) is 31.2 Å². The number of pyridine rings is 1. The van der Waals surface area contributed by atoms with Crippen LogP contribution in [0.15, 0.2) is 97.8 Å². The van der Waals surface area contributed by atoms with Crippen molar-refractivity contribution in [2.24, 2.45) is 0 Å². The molecule has 6 aromatic rings. The molecule has 0 bridgehead atoms. The van der Waals surface area contributed by atoms with E-state index in [0.717, 1.165) is 44.8 Å². The predicted molar refractivity (Wildman–Crippen MR) is 135 cm³/mol. The van der Waals surface area contributed by atoms with Gasteiger partial charge in [-0.2, -0.15) is 0 Å². The second-order valence-electron chi connectivity index (χ2n) is 8.31. The highest BCUT2D eigenvalue weighted by molar-refractivity contribution is 5.79. The Balaban J connectivity index is 1.20. The van der Waals surface area contributed by atoms with E-state index >= 15 is 0 Å². The molecule has 0 aliphatic carbocycles. The highest BCUT2D eigenvalue weighted by atomic mass is 16.5. The zero-order valence-corrected chi connectivity index (χ0v) is 19.2. The Bertz CT molecular complexity index is 1620. The summed E-state index contributed by atoms with van der Waals surface area (Å²) in [5.41, 5.74) is 7.20. The molecule has 0 aliphatic heterocycles. The normalized spacial score (nSPS) is 11.2. The lowest BCUT2D eigenvalue weighted by atomic mass is 10.1. The topological polar surface area (TPSA) is 67.0 Å². The summed E-state index contributed by atoms with van der Waals surface area (Å²) >= 11 is 0. The largest absolute Gasteiger partial charge is 0.497 e. The minimum Gasteiger partial charge on any atom is -0.497 e. The number of nitrogens with zero attached hydrogens (tertiary/aromatic N) is 5. The van der Waals surface area contributed by atoms with E-state index in [4.69, 9.17) is 9.47 Å². The third-order valence-electron chi connectivity index (χ3n) is 6.04. The fourth-order valence-electron chi connectivity index (χ4n) is 4.26. The molecule has 6 rings (SSSR count). The van der Waals surface area contributed by atoms with Crippen LogP contribution in [0.2, 0.25) is 0 Å². The molecule has 3 aromatic heterocycles. The van der Waals surface area contributed by atoms with Crippen LogP contribution in [0.1, 0.15) is 11.1 Å². The van der Waals surface area contributed by atoms with Crippen LogP contribution in [0, 0.1) is 0 Å². The average Bonchev–Trinajstić information content (AvgIpc) is 3.51. The van der Waals surface area contributed by atoms with E-state index in [1.54, 1.807) is 19.5 Å². The maximum absolute atomic E-state index is 6.16. The van der Waals surface area contributed by atoms with Crippen molar-refractivity contribution in [1.29, 1.82) is 0 Å². The minimum absolute atomic E-state index is 0.473. The highest BCUT2D eigenvalue weighted by Crippen LogP contribution is 2.24. The number of rotatable bonds is 7. The van der Waals surface area contributed by atoms with Crippen LogP contribution >= 0.6 is 0 Å². The van der Waals surface area contributed by atoms with Crippen LogP contribution in [0.4, 0.5) is 0 Å². The Kier molecular flexibility index (Phi) is 5.35. The summed E-state index contributed by atoms with van der Waals surface area (Å²) in [5, 5.41) is 0. The summed E-state index contributed by atoms with van der Waals surface area (Å²) in [7, 11) is 1.68. The van der Waals surface area contributed by atoms with Crippen molar-refractivity contribution in [3.63, 3.8) is 0 Å². The summed E-state index contributed by atoms with van der Waals surface area (Å²) in [4.78, 5) is 13.1. The summed E-state index contributed by atoms with van der Waals surface area (Å²) in [6, 6.07) is 24.2. The predicted octanol–water partition coefficient (Wildman–Crippen LogP) is 5.41. The van der Waals surface area contributed by atoms with Crippen molar-refractivity contribution in [3.05, 3.63) is 109 Å². The average molecular weight is 462 g/mol. The molecule has 0 aliphatic rings. The Morgan fingerprint density at radius 3 is 2.34 bits per heavy atom. The van der Waals surface area contributed by atoms with Gasteiger partial charge in [0.1, 0.15) is 24.4 Å². The quantitative estimate of drug-likeness (QED) is 0.318. The number of fused-ring (bicyclic) bond motifs is 2. The van der Waals surface area contributed by atoms with Crippen molar-refractivity contribution in [2.75, 3.05) is 7.11 Å².